The number of hydrogen-bond acceptors (Lipinski definition) is 3. The van der Waals surface area contributed by atoms with Crippen LogP contribution in [-0.2, 0) is 0 Å². The average molecular weight is 211 g/mol. The van der Waals surface area contributed by atoms with Crippen molar-refractivity contribution in [3.8, 4) is 11.8 Å². The van der Waals surface area contributed by atoms with Gasteiger partial charge in [-0.05, 0) is 19.1 Å². The highest BCUT2D eigenvalue weighted by Crippen LogP contribution is 2.25. The SMILES string of the molecule is CC(CN)Oc1cccc(Cl)c1C#N. The van der Waals surface area contributed by atoms with Gasteiger partial charge in [0.2, 0.25) is 0 Å². The molecule has 1 unspecified atom stereocenters. The first kappa shape index (κ1) is 10.8. The number of ether oxygens (including phenoxy) is 1. The molecule has 1 aromatic carbocycles. The van der Waals surface area contributed by atoms with E-state index in [0.717, 1.165) is 0 Å². The molecule has 1 aromatic rings. The molecule has 0 heterocycles. The zero-order valence-corrected chi connectivity index (χ0v) is 8.58. The van der Waals surface area contributed by atoms with Crippen LogP contribution in [-0.4, -0.2) is 12.6 Å². The van der Waals surface area contributed by atoms with Crippen molar-refractivity contribution in [1.29, 1.82) is 5.26 Å². The number of nitriles is 1. The normalized spacial score (nSPS) is 11.9. The topological polar surface area (TPSA) is 59.0 Å². The molecule has 0 aliphatic carbocycles. The van der Waals surface area contributed by atoms with E-state index in [2.05, 4.69) is 0 Å². The summed E-state index contributed by atoms with van der Waals surface area (Å²) in [5, 5.41) is 9.24. The van der Waals surface area contributed by atoms with Gasteiger partial charge in [0.25, 0.3) is 0 Å². The summed E-state index contributed by atoms with van der Waals surface area (Å²) in [5.74, 6) is 0.484. The monoisotopic (exact) mass is 210 g/mol. The molecule has 0 bridgehead atoms. The summed E-state index contributed by atoms with van der Waals surface area (Å²) >= 11 is 5.82. The van der Waals surface area contributed by atoms with Gasteiger partial charge in [-0.25, -0.2) is 0 Å². The third-order valence-electron chi connectivity index (χ3n) is 1.75. The Morgan fingerprint density at radius 3 is 2.93 bits per heavy atom. The number of nitrogens with two attached hydrogens (primary N) is 1. The van der Waals surface area contributed by atoms with Crippen LogP contribution in [0, 0.1) is 11.3 Å². The molecule has 0 spiro atoms. The summed E-state index contributed by atoms with van der Waals surface area (Å²) < 4.78 is 5.43. The summed E-state index contributed by atoms with van der Waals surface area (Å²) in [4.78, 5) is 0. The lowest BCUT2D eigenvalue weighted by atomic mass is 10.2. The highest BCUT2D eigenvalue weighted by Gasteiger charge is 2.09. The molecule has 0 aromatic heterocycles. The Morgan fingerprint density at radius 2 is 2.36 bits per heavy atom. The van der Waals surface area contributed by atoms with Gasteiger partial charge in [0.1, 0.15) is 23.5 Å². The Morgan fingerprint density at radius 1 is 1.64 bits per heavy atom. The predicted molar refractivity (Wildman–Crippen MR) is 55.3 cm³/mol. The Hall–Kier alpha value is -1.24. The fourth-order valence-corrected chi connectivity index (χ4v) is 1.18. The second-order valence-corrected chi connectivity index (χ2v) is 3.30. The van der Waals surface area contributed by atoms with Crippen LogP contribution in [0.25, 0.3) is 0 Å². The van der Waals surface area contributed by atoms with Crippen LogP contribution in [0.15, 0.2) is 18.2 Å². The van der Waals surface area contributed by atoms with Gasteiger partial charge >= 0.3 is 0 Å². The van der Waals surface area contributed by atoms with Crippen molar-refractivity contribution in [3.05, 3.63) is 28.8 Å². The summed E-state index contributed by atoms with van der Waals surface area (Å²) in [5.41, 5.74) is 5.76. The van der Waals surface area contributed by atoms with Crippen LogP contribution in [0.2, 0.25) is 5.02 Å². The minimum absolute atomic E-state index is 0.124. The number of hydrogen-bond donors (Lipinski definition) is 1. The van der Waals surface area contributed by atoms with E-state index in [1.165, 1.54) is 0 Å². The first-order chi connectivity index (χ1) is 6.69. The van der Waals surface area contributed by atoms with Crippen LogP contribution in [0.4, 0.5) is 0 Å². The van der Waals surface area contributed by atoms with Crippen LogP contribution in [0.5, 0.6) is 5.75 Å². The molecule has 0 aliphatic rings. The van der Waals surface area contributed by atoms with E-state index in [-0.39, 0.29) is 6.10 Å². The zero-order valence-electron chi connectivity index (χ0n) is 7.83. The Balaban J connectivity index is 2.98. The number of benzene rings is 1. The highest BCUT2D eigenvalue weighted by molar-refractivity contribution is 6.31. The Kier molecular flexibility index (Phi) is 3.75. The quantitative estimate of drug-likeness (QED) is 0.830. The molecule has 0 fully saturated rings. The van der Waals surface area contributed by atoms with Gasteiger partial charge in [-0.1, -0.05) is 17.7 Å². The molecular weight excluding hydrogens is 200 g/mol. The maximum atomic E-state index is 8.84. The largest absolute Gasteiger partial charge is 0.488 e. The highest BCUT2D eigenvalue weighted by atomic mass is 35.5. The van der Waals surface area contributed by atoms with Gasteiger partial charge in [0.15, 0.2) is 0 Å². The fraction of sp³-hybridized carbons (Fsp3) is 0.300. The van der Waals surface area contributed by atoms with Crippen molar-refractivity contribution in [2.75, 3.05) is 6.54 Å². The van der Waals surface area contributed by atoms with Gasteiger partial charge in [-0.2, -0.15) is 5.26 Å². The second-order valence-electron chi connectivity index (χ2n) is 2.89. The molecule has 0 amide bonds. The smallest absolute Gasteiger partial charge is 0.139 e. The van der Waals surface area contributed by atoms with E-state index in [1.807, 2.05) is 13.0 Å². The first-order valence-corrected chi connectivity index (χ1v) is 4.62. The lowest BCUT2D eigenvalue weighted by Gasteiger charge is -2.13. The van der Waals surface area contributed by atoms with Crippen molar-refractivity contribution >= 4 is 11.6 Å². The van der Waals surface area contributed by atoms with Gasteiger partial charge in [0.05, 0.1) is 5.02 Å². The molecule has 1 rings (SSSR count). The second kappa shape index (κ2) is 4.85. The molecule has 1 atom stereocenters. The summed E-state index contributed by atoms with van der Waals surface area (Å²) in [6.45, 7) is 2.24. The molecule has 4 heteroatoms. The van der Waals surface area contributed by atoms with Crippen LogP contribution >= 0.6 is 11.6 Å². The Labute approximate surface area is 88.0 Å². The van der Waals surface area contributed by atoms with Crippen LogP contribution in [0.3, 0.4) is 0 Å². The lowest BCUT2D eigenvalue weighted by molar-refractivity contribution is 0.229. The minimum Gasteiger partial charge on any atom is -0.488 e. The first-order valence-electron chi connectivity index (χ1n) is 4.24. The number of rotatable bonds is 3. The van der Waals surface area contributed by atoms with E-state index >= 15 is 0 Å². The third-order valence-corrected chi connectivity index (χ3v) is 2.06. The van der Waals surface area contributed by atoms with E-state index in [0.29, 0.717) is 22.9 Å². The van der Waals surface area contributed by atoms with Gasteiger partial charge < -0.3 is 10.5 Å². The standard InChI is InChI=1S/C10H11ClN2O/c1-7(5-12)14-10-4-2-3-9(11)8(10)6-13/h2-4,7H,5,12H2,1H3. The summed E-state index contributed by atoms with van der Waals surface area (Å²) in [7, 11) is 0. The molecule has 3 nitrogen and oxygen atoms in total. The maximum absolute atomic E-state index is 8.84. The zero-order chi connectivity index (χ0) is 10.6. The Bertz CT molecular complexity index is 360. The van der Waals surface area contributed by atoms with Crippen LogP contribution < -0.4 is 10.5 Å². The van der Waals surface area contributed by atoms with E-state index < -0.39 is 0 Å². The van der Waals surface area contributed by atoms with Gasteiger partial charge in [0, 0.05) is 6.54 Å². The molecule has 74 valence electrons. The van der Waals surface area contributed by atoms with E-state index in [4.69, 9.17) is 27.3 Å². The average Bonchev–Trinajstić information content (AvgIpc) is 2.18. The lowest BCUT2D eigenvalue weighted by Crippen LogP contribution is -2.23. The molecule has 0 saturated carbocycles. The van der Waals surface area contributed by atoms with Crippen molar-refractivity contribution in [2.24, 2.45) is 5.73 Å². The van der Waals surface area contributed by atoms with Gasteiger partial charge in [-0.15, -0.1) is 0 Å². The number of nitrogens with zero attached hydrogens (tertiary/aromatic N) is 1. The summed E-state index contributed by atoms with van der Waals surface area (Å²) in [6, 6.07) is 7.09. The molecular formula is C10H11ClN2O. The van der Waals surface area contributed by atoms with E-state index in [9.17, 15) is 0 Å². The summed E-state index contributed by atoms with van der Waals surface area (Å²) in [6.07, 6.45) is -0.124. The minimum atomic E-state index is -0.124. The molecule has 0 saturated heterocycles. The predicted octanol–water partition coefficient (Wildman–Crippen LogP) is 1.94. The number of halogens is 1. The molecule has 2 N–H and O–H groups in total. The third kappa shape index (κ3) is 2.38. The van der Waals surface area contributed by atoms with Crippen LogP contribution in [0.1, 0.15) is 12.5 Å². The van der Waals surface area contributed by atoms with Crippen molar-refractivity contribution in [3.63, 3.8) is 0 Å². The van der Waals surface area contributed by atoms with Gasteiger partial charge in [-0.3, -0.25) is 0 Å². The molecule has 0 aliphatic heterocycles. The van der Waals surface area contributed by atoms with Crippen molar-refractivity contribution in [2.45, 2.75) is 13.0 Å². The molecule has 14 heavy (non-hydrogen) atoms. The van der Waals surface area contributed by atoms with Crippen molar-refractivity contribution in [1.82, 2.24) is 0 Å². The van der Waals surface area contributed by atoms with E-state index in [1.54, 1.807) is 18.2 Å². The molecule has 0 radical (unpaired) electrons. The van der Waals surface area contributed by atoms with Crippen molar-refractivity contribution < 1.29 is 4.74 Å². The fourth-order valence-electron chi connectivity index (χ4n) is 0.976. The maximum Gasteiger partial charge on any atom is 0.139 e.